The molecular weight excluding hydrogens is 233 g/mol. The lowest BCUT2D eigenvalue weighted by atomic mass is 10.0. The predicted octanol–water partition coefficient (Wildman–Crippen LogP) is 2.08. The molecule has 0 saturated carbocycles. The molecule has 1 unspecified atom stereocenters. The minimum atomic E-state index is -0.639. The van der Waals surface area contributed by atoms with Gasteiger partial charge in [-0.2, -0.15) is 5.10 Å². The molecule has 4 nitrogen and oxygen atoms in total. The molecule has 1 aromatic carbocycles. The number of aromatic amines is 1. The van der Waals surface area contributed by atoms with Crippen LogP contribution in [0.5, 0.6) is 0 Å². The average molecular weight is 247 g/mol. The van der Waals surface area contributed by atoms with E-state index in [0.717, 1.165) is 11.8 Å². The van der Waals surface area contributed by atoms with Crippen molar-refractivity contribution in [2.24, 2.45) is 0 Å². The normalized spacial score (nSPS) is 12.1. The van der Waals surface area contributed by atoms with Gasteiger partial charge in [-0.05, 0) is 11.5 Å². The van der Waals surface area contributed by atoms with Gasteiger partial charge in [0.2, 0.25) is 0 Å². The van der Waals surface area contributed by atoms with E-state index in [0.29, 0.717) is 6.54 Å². The highest BCUT2D eigenvalue weighted by molar-refractivity contribution is 5.92. The second kappa shape index (κ2) is 5.44. The minimum absolute atomic E-state index is 0.129. The lowest BCUT2D eigenvalue weighted by molar-refractivity contribution is 0.0942. The Kier molecular flexibility index (Phi) is 3.72. The molecule has 2 aromatic rings. The Hall–Kier alpha value is -2.17. The van der Waals surface area contributed by atoms with Crippen LogP contribution in [0.3, 0.4) is 0 Å². The Morgan fingerprint density at radius 2 is 2.17 bits per heavy atom. The average Bonchev–Trinajstić information content (AvgIpc) is 2.83. The zero-order chi connectivity index (χ0) is 13.0. The van der Waals surface area contributed by atoms with Gasteiger partial charge in [-0.25, -0.2) is 4.39 Å². The van der Waals surface area contributed by atoms with E-state index in [1.807, 2.05) is 37.3 Å². The van der Waals surface area contributed by atoms with Crippen molar-refractivity contribution in [3.05, 3.63) is 53.6 Å². The van der Waals surface area contributed by atoms with Gasteiger partial charge in [0.25, 0.3) is 5.91 Å². The standard InChI is InChI=1S/C13H14FN3O/c1-9(10-5-3-2-4-6-10)7-15-13(18)12-11(14)8-16-17-12/h2-6,8-9H,7H2,1H3,(H,15,18)(H,16,17). The Morgan fingerprint density at radius 3 is 2.78 bits per heavy atom. The van der Waals surface area contributed by atoms with Crippen LogP contribution in [0.4, 0.5) is 4.39 Å². The van der Waals surface area contributed by atoms with Crippen LogP contribution in [-0.2, 0) is 0 Å². The third-order valence-electron chi connectivity index (χ3n) is 2.76. The predicted molar refractivity (Wildman–Crippen MR) is 65.7 cm³/mol. The molecule has 0 saturated heterocycles. The molecule has 0 radical (unpaired) electrons. The van der Waals surface area contributed by atoms with Crippen molar-refractivity contribution >= 4 is 5.91 Å². The third kappa shape index (κ3) is 2.74. The number of amides is 1. The van der Waals surface area contributed by atoms with E-state index in [4.69, 9.17) is 0 Å². The van der Waals surface area contributed by atoms with Crippen molar-refractivity contribution in [1.82, 2.24) is 15.5 Å². The van der Waals surface area contributed by atoms with Gasteiger partial charge in [-0.15, -0.1) is 0 Å². The molecule has 0 fully saturated rings. The first-order chi connectivity index (χ1) is 8.68. The van der Waals surface area contributed by atoms with Crippen molar-refractivity contribution in [2.75, 3.05) is 6.54 Å². The number of rotatable bonds is 4. The molecule has 1 aromatic heterocycles. The fourth-order valence-electron chi connectivity index (χ4n) is 1.66. The van der Waals surface area contributed by atoms with Crippen LogP contribution in [0, 0.1) is 5.82 Å². The number of H-pyrrole nitrogens is 1. The third-order valence-corrected chi connectivity index (χ3v) is 2.76. The summed E-state index contributed by atoms with van der Waals surface area (Å²) >= 11 is 0. The van der Waals surface area contributed by atoms with Crippen molar-refractivity contribution in [3.8, 4) is 0 Å². The summed E-state index contributed by atoms with van der Waals surface area (Å²) in [6, 6.07) is 9.82. The molecule has 2 N–H and O–H groups in total. The number of nitrogens with one attached hydrogen (secondary N) is 2. The number of hydrogen-bond donors (Lipinski definition) is 2. The lowest BCUT2D eigenvalue weighted by Gasteiger charge is -2.12. The Labute approximate surface area is 104 Å². The van der Waals surface area contributed by atoms with Crippen LogP contribution in [0.2, 0.25) is 0 Å². The number of carbonyl (C=O) groups is 1. The zero-order valence-electron chi connectivity index (χ0n) is 9.98. The Bertz CT molecular complexity index is 524. The maximum atomic E-state index is 13.1. The number of hydrogen-bond acceptors (Lipinski definition) is 2. The molecule has 0 bridgehead atoms. The summed E-state index contributed by atoms with van der Waals surface area (Å²) in [6.07, 6.45) is 0.982. The number of aromatic nitrogens is 2. The molecule has 94 valence electrons. The number of halogens is 1. The van der Waals surface area contributed by atoms with Gasteiger partial charge in [0, 0.05) is 6.54 Å². The van der Waals surface area contributed by atoms with E-state index < -0.39 is 11.7 Å². The van der Waals surface area contributed by atoms with Crippen LogP contribution in [0.25, 0.3) is 0 Å². The Balaban J connectivity index is 1.93. The summed E-state index contributed by atoms with van der Waals surface area (Å²) in [5.41, 5.74) is 0.998. The van der Waals surface area contributed by atoms with Crippen molar-refractivity contribution < 1.29 is 9.18 Å². The van der Waals surface area contributed by atoms with Gasteiger partial charge < -0.3 is 5.32 Å². The van der Waals surface area contributed by atoms with Crippen LogP contribution in [0.1, 0.15) is 28.9 Å². The van der Waals surface area contributed by atoms with E-state index >= 15 is 0 Å². The van der Waals surface area contributed by atoms with E-state index in [-0.39, 0.29) is 11.6 Å². The van der Waals surface area contributed by atoms with Gasteiger partial charge in [0.05, 0.1) is 6.20 Å². The monoisotopic (exact) mass is 247 g/mol. The van der Waals surface area contributed by atoms with Gasteiger partial charge in [0.15, 0.2) is 11.5 Å². The number of nitrogens with zero attached hydrogens (tertiary/aromatic N) is 1. The summed E-state index contributed by atoms with van der Waals surface area (Å²) in [5, 5.41) is 8.47. The number of carbonyl (C=O) groups excluding carboxylic acids is 1. The number of benzene rings is 1. The van der Waals surface area contributed by atoms with Gasteiger partial charge in [0.1, 0.15) is 0 Å². The topological polar surface area (TPSA) is 57.8 Å². The quantitative estimate of drug-likeness (QED) is 0.869. The highest BCUT2D eigenvalue weighted by Gasteiger charge is 2.14. The lowest BCUT2D eigenvalue weighted by Crippen LogP contribution is -2.28. The maximum Gasteiger partial charge on any atom is 0.272 e. The summed E-state index contributed by atoms with van der Waals surface area (Å²) in [6.45, 7) is 2.44. The molecule has 0 aliphatic heterocycles. The molecule has 0 spiro atoms. The van der Waals surface area contributed by atoms with Crippen LogP contribution >= 0.6 is 0 Å². The summed E-state index contributed by atoms with van der Waals surface area (Å²) in [5.74, 6) is -0.950. The Morgan fingerprint density at radius 1 is 1.44 bits per heavy atom. The van der Waals surface area contributed by atoms with Crippen molar-refractivity contribution in [2.45, 2.75) is 12.8 Å². The summed E-state index contributed by atoms with van der Waals surface area (Å²) in [4.78, 5) is 11.6. The van der Waals surface area contributed by atoms with Crippen molar-refractivity contribution in [1.29, 1.82) is 0 Å². The molecule has 0 aliphatic rings. The summed E-state index contributed by atoms with van der Waals surface area (Å²) < 4.78 is 13.1. The SMILES string of the molecule is CC(CNC(=O)c1[nH]ncc1F)c1ccccc1. The minimum Gasteiger partial charge on any atom is -0.350 e. The van der Waals surface area contributed by atoms with Crippen LogP contribution in [-0.4, -0.2) is 22.6 Å². The van der Waals surface area contributed by atoms with E-state index in [1.54, 1.807) is 0 Å². The molecule has 0 aliphatic carbocycles. The highest BCUT2D eigenvalue weighted by atomic mass is 19.1. The second-order valence-corrected chi connectivity index (χ2v) is 4.11. The molecule has 18 heavy (non-hydrogen) atoms. The van der Waals surface area contributed by atoms with E-state index in [2.05, 4.69) is 15.5 Å². The van der Waals surface area contributed by atoms with E-state index in [9.17, 15) is 9.18 Å². The van der Waals surface area contributed by atoms with Crippen LogP contribution in [0.15, 0.2) is 36.5 Å². The summed E-state index contributed by atoms with van der Waals surface area (Å²) in [7, 11) is 0. The fraction of sp³-hybridized carbons (Fsp3) is 0.231. The second-order valence-electron chi connectivity index (χ2n) is 4.11. The van der Waals surface area contributed by atoms with Crippen molar-refractivity contribution in [3.63, 3.8) is 0 Å². The maximum absolute atomic E-state index is 13.1. The molecular formula is C13H14FN3O. The first kappa shape index (κ1) is 12.3. The fourth-order valence-corrected chi connectivity index (χ4v) is 1.66. The zero-order valence-corrected chi connectivity index (χ0v) is 9.98. The van der Waals surface area contributed by atoms with Crippen LogP contribution < -0.4 is 5.32 Å². The first-order valence-electron chi connectivity index (χ1n) is 5.70. The first-order valence-corrected chi connectivity index (χ1v) is 5.70. The largest absolute Gasteiger partial charge is 0.350 e. The van der Waals surface area contributed by atoms with Gasteiger partial charge in [-0.3, -0.25) is 9.89 Å². The van der Waals surface area contributed by atoms with Gasteiger partial charge in [-0.1, -0.05) is 37.3 Å². The van der Waals surface area contributed by atoms with E-state index in [1.165, 1.54) is 0 Å². The molecule has 1 amide bonds. The molecule has 5 heteroatoms. The molecule has 1 heterocycles. The highest BCUT2D eigenvalue weighted by Crippen LogP contribution is 2.13. The smallest absolute Gasteiger partial charge is 0.272 e. The van der Waals surface area contributed by atoms with Gasteiger partial charge >= 0.3 is 0 Å². The molecule has 2 rings (SSSR count). The molecule has 1 atom stereocenters.